The highest BCUT2D eigenvalue weighted by molar-refractivity contribution is 7.21. The highest BCUT2D eigenvalue weighted by Crippen LogP contribution is 2.49. The molecule has 2 aliphatic rings. The number of thiazole rings is 1. The van der Waals surface area contributed by atoms with Crippen LogP contribution in [0.4, 0.5) is 0 Å². The van der Waals surface area contributed by atoms with Gasteiger partial charge in [0.25, 0.3) is 0 Å². The quantitative estimate of drug-likeness (QED) is 0.152. The van der Waals surface area contributed by atoms with Gasteiger partial charge in [0.05, 0.1) is 55.9 Å². The van der Waals surface area contributed by atoms with Crippen molar-refractivity contribution < 1.29 is 19.4 Å². The number of carbonyl (C=O) groups excluding carboxylic acids is 1. The number of carboxylic acids is 1. The Balaban J connectivity index is 1.43. The molecule has 258 valence electrons. The zero-order valence-electron chi connectivity index (χ0n) is 28.8. The van der Waals surface area contributed by atoms with Gasteiger partial charge in [0.2, 0.25) is 5.91 Å². The van der Waals surface area contributed by atoms with Crippen molar-refractivity contribution in [2.24, 2.45) is 5.92 Å². The first kappa shape index (κ1) is 33.8. The van der Waals surface area contributed by atoms with Gasteiger partial charge in [0.15, 0.2) is 0 Å². The summed E-state index contributed by atoms with van der Waals surface area (Å²) in [5.74, 6) is -0.176. The van der Waals surface area contributed by atoms with Gasteiger partial charge in [-0.1, -0.05) is 45.2 Å². The van der Waals surface area contributed by atoms with Crippen LogP contribution >= 0.6 is 22.7 Å². The van der Waals surface area contributed by atoms with Gasteiger partial charge in [0.1, 0.15) is 11.4 Å². The second-order valence-electron chi connectivity index (χ2n) is 13.8. The molecule has 0 radical (unpaired) electrons. The first-order valence-electron chi connectivity index (χ1n) is 17.5. The molecular weight excluding hydrogens is 655 g/mol. The first-order valence-corrected chi connectivity index (χ1v) is 19.2. The molecule has 1 saturated carbocycles. The van der Waals surface area contributed by atoms with Crippen molar-refractivity contribution in [3.05, 3.63) is 57.0 Å². The van der Waals surface area contributed by atoms with Gasteiger partial charge in [0, 0.05) is 30.6 Å². The average Bonchev–Trinajstić information content (AvgIpc) is 3.74. The van der Waals surface area contributed by atoms with Crippen LogP contribution in [0.25, 0.3) is 42.9 Å². The molecule has 0 unspecified atom stereocenters. The molecule has 0 bridgehead atoms. The van der Waals surface area contributed by atoms with Crippen molar-refractivity contribution in [1.82, 2.24) is 24.8 Å². The van der Waals surface area contributed by atoms with Gasteiger partial charge in [-0.3, -0.25) is 4.79 Å². The molecule has 1 aliphatic carbocycles. The molecule has 1 amide bonds. The molecule has 7 rings (SSSR count). The maximum absolute atomic E-state index is 14.1. The summed E-state index contributed by atoms with van der Waals surface area (Å²) < 4.78 is 8.74. The van der Waals surface area contributed by atoms with E-state index in [-0.39, 0.29) is 18.4 Å². The van der Waals surface area contributed by atoms with Crippen molar-refractivity contribution in [3.8, 4) is 21.8 Å². The minimum Gasteiger partial charge on any atom is -0.477 e. The van der Waals surface area contributed by atoms with Crippen LogP contribution < -0.4 is 5.32 Å². The molecule has 4 aromatic heterocycles. The van der Waals surface area contributed by atoms with Crippen molar-refractivity contribution >= 4 is 55.7 Å². The van der Waals surface area contributed by atoms with Gasteiger partial charge in [-0.05, 0) is 74.4 Å². The largest absolute Gasteiger partial charge is 0.477 e. The first-order chi connectivity index (χ1) is 23.7. The third-order valence-electron chi connectivity index (χ3n) is 9.84. The monoisotopic (exact) mass is 699 g/mol. The summed E-state index contributed by atoms with van der Waals surface area (Å²) in [6.45, 7) is 11.9. The normalized spacial score (nSPS) is 16.0. The summed E-state index contributed by atoms with van der Waals surface area (Å²) in [6, 6.07) is 10.6. The minimum absolute atomic E-state index is 0.0307. The number of pyridine rings is 1. The number of hydrogen-bond acceptors (Lipinski definition) is 8. The number of carbonyl (C=O) groups is 2. The lowest BCUT2D eigenvalue weighted by Crippen LogP contribution is -2.42. The van der Waals surface area contributed by atoms with Gasteiger partial charge in [-0.25, -0.2) is 14.8 Å². The SMILES string of the molecule is Cc1nc(C)c(-c2ccc3cc(-c4c(C5CCCCC5)c5sc(C(=O)O)c(CNCC(C)C)c5n4CC(=O)N4CCOCC4)ccc3n2)s1. The summed E-state index contributed by atoms with van der Waals surface area (Å²) >= 11 is 3.05. The van der Waals surface area contributed by atoms with Gasteiger partial charge in [-0.15, -0.1) is 22.7 Å². The summed E-state index contributed by atoms with van der Waals surface area (Å²) in [4.78, 5) is 39.8. The number of thiophene rings is 1. The van der Waals surface area contributed by atoms with Crippen molar-refractivity contribution in [2.75, 3.05) is 32.8 Å². The second kappa shape index (κ2) is 14.3. The Bertz CT molecular complexity index is 2010. The van der Waals surface area contributed by atoms with Crippen LogP contribution in [0.1, 0.15) is 83.4 Å². The molecule has 0 spiro atoms. The van der Waals surface area contributed by atoms with Gasteiger partial charge in [-0.2, -0.15) is 0 Å². The third-order valence-corrected chi connectivity index (χ3v) is 12.2. The molecule has 2 N–H and O–H groups in total. The van der Waals surface area contributed by atoms with Crippen molar-refractivity contribution in [2.45, 2.75) is 78.8 Å². The highest BCUT2D eigenvalue weighted by atomic mass is 32.1. The lowest BCUT2D eigenvalue weighted by Gasteiger charge is -2.28. The van der Waals surface area contributed by atoms with E-state index >= 15 is 0 Å². The van der Waals surface area contributed by atoms with E-state index in [2.05, 4.69) is 59.0 Å². The fraction of sp³-hybridized carbons (Fsp3) is 0.474. The van der Waals surface area contributed by atoms with Crippen LogP contribution in [0.3, 0.4) is 0 Å². The topological polar surface area (TPSA) is 110 Å². The molecule has 1 aromatic carbocycles. The molecule has 5 heterocycles. The van der Waals surface area contributed by atoms with E-state index in [4.69, 9.17) is 9.72 Å². The fourth-order valence-electron chi connectivity index (χ4n) is 7.57. The van der Waals surface area contributed by atoms with Crippen LogP contribution in [-0.2, 0) is 22.6 Å². The summed E-state index contributed by atoms with van der Waals surface area (Å²) in [5, 5.41) is 16.0. The number of morpholine rings is 1. The van der Waals surface area contributed by atoms with E-state index in [0.717, 1.165) is 91.4 Å². The number of aromatic nitrogens is 3. The Morgan fingerprint density at radius 1 is 1.04 bits per heavy atom. The molecule has 2 fully saturated rings. The molecule has 5 aromatic rings. The fourth-order valence-corrected chi connectivity index (χ4v) is 9.74. The Hall–Kier alpha value is -3.64. The van der Waals surface area contributed by atoms with Crippen molar-refractivity contribution in [1.29, 1.82) is 0 Å². The second-order valence-corrected chi connectivity index (χ2v) is 16.1. The number of ether oxygens (including phenoxy) is 1. The van der Waals surface area contributed by atoms with Crippen molar-refractivity contribution in [3.63, 3.8) is 0 Å². The molecule has 0 atom stereocenters. The van der Waals surface area contributed by atoms with Gasteiger partial charge < -0.3 is 24.6 Å². The highest BCUT2D eigenvalue weighted by Gasteiger charge is 2.33. The van der Waals surface area contributed by atoms with Crippen LogP contribution in [-0.4, -0.2) is 69.3 Å². The summed E-state index contributed by atoms with van der Waals surface area (Å²) in [7, 11) is 0. The summed E-state index contributed by atoms with van der Waals surface area (Å²) in [5.41, 5.74) is 7.75. The Morgan fingerprint density at radius 3 is 2.51 bits per heavy atom. The van der Waals surface area contributed by atoms with E-state index in [1.54, 1.807) is 11.3 Å². The number of nitrogens with zero attached hydrogens (tertiary/aromatic N) is 4. The van der Waals surface area contributed by atoms with Gasteiger partial charge >= 0.3 is 5.97 Å². The number of fused-ring (bicyclic) bond motifs is 2. The zero-order chi connectivity index (χ0) is 34.2. The average molecular weight is 700 g/mol. The van der Waals surface area contributed by atoms with Crippen LogP contribution in [0, 0.1) is 19.8 Å². The molecule has 1 saturated heterocycles. The minimum atomic E-state index is -0.913. The van der Waals surface area contributed by atoms with E-state index in [0.29, 0.717) is 43.6 Å². The Kier molecular flexibility index (Phi) is 9.88. The van der Waals surface area contributed by atoms with E-state index in [1.165, 1.54) is 23.3 Å². The number of amides is 1. The smallest absolute Gasteiger partial charge is 0.346 e. The number of aryl methyl sites for hydroxylation is 2. The lowest BCUT2D eigenvalue weighted by molar-refractivity contribution is -0.135. The number of rotatable bonds is 10. The molecule has 49 heavy (non-hydrogen) atoms. The molecule has 11 heteroatoms. The summed E-state index contributed by atoms with van der Waals surface area (Å²) in [6.07, 6.45) is 5.60. The predicted octanol–water partition coefficient (Wildman–Crippen LogP) is 8.01. The van der Waals surface area contributed by atoms with Crippen LogP contribution in [0.2, 0.25) is 0 Å². The van der Waals surface area contributed by atoms with E-state index in [9.17, 15) is 14.7 Å². The number of aromatic carboxylic acids is 1. The van der Waals surface area contributed by atoms with Crippen LogP contribution in [0.5, 0.6) is 0 Å². The number of nitrogens with one attached hydrogen (secondary N) is 1. The third kappa shape index (κ3) is 6.78. The Morgan fingerprint density at radius 2 is 1.82 bits per heavy atom. The van der Waals surface area contributed by atoms with E-state index < -0.39 is 5.97 Å². The van der Waals surface area contributed by atoms with E-state index in [1.807, 2.05) is 18.7 Å². The number of benzene rings is 1. The predicted molar refractivity (Wildman–Crippen MR) is 198 cm³/mol. The lowest BCUT2D eigenvalue weighted by atomic mass is 9.83. The Labute approximate surface area is 295 Å². The zero-order valence-corrected chi connectivity index (χ0v) is 30.4. The maximum atomic E-state index is 14.1. The standard InChI is InChI=1S/C38H45N5O4S2/c1-22(2)19-39-20-28-34-37(49-36(28)38(45)46)32(25-8-6-5-7-9-25)33(43(34)21-31(44)42-14-16-47-17-15-42)27-11-12-29-26(18-27)10-13-30(41-29)35-23(3)40-24(4)48-35/h10-13,18,22,25,39H,5-9,14-17,19-21H2,1-4H3,(H,45,46). The maximum Gasteiger partial charge on any atom is 0.346 e. The molecule has 9 nitrogen and oxygen atoms in total. The number of hydrogen-bond donors (Lipinski definition) is 2. The molecule has 1 aliphatic heterocycles. The molecular formula is C38H45N5O4S2. The van der Waals surface area contributed by atoms with Crippen LogP contribution in [0.15, 0.2) is 30.3 Å². The number of carboxylic acid groups (broad SMARTS) is 1.